The molecule has 0 saturated heterocycles. The van der Waals surface area contributed by atoms with Crippen LogP contribution in [0.25, 0.3) is 0 Å². The number of hydrogen-bond donors (Lipinski definition) is 0. The van der Waals surface area contributed by atoms with Crippen LogP contribution in [0.15, 0.2) is 23.8 Å². The van der Waals surface area contributed by atoms with Gasteiger partial charge in [0.2, 0.25) is 0 Å². The van der Waals surface area contributed by atoms with Gasteiger partial charge in [-0.2, -0.15) is 0 Å². The first kappa shape index (κ1) is 9.53. The monoisotopic (exact) mass is 165 g/mol. The molecular formula is C11H19N. The molecule has 1 rings (SSSR count). The van der Waals surface area contributed by atoms with Gasteiger partial charge in [-0.1, -0.05) is 23.8 Å². The number of rotatable bonds is 3. The zero-order valence-electron chi connectivity index (χ0n) is 8.21. The molecule has 0 amide bonds. The molecule has 1 aliphatic rings. The van der Waals surface area contributed by atoms with Gasteiger partial charge in [-0.15, -0.1) is 0 Å². The van der Waals surface area contributed by atoms with Gasteiger partial charge in [0.05, 0.1) is 0 Å². The highest BCUT2D eigenvalue weighted by molar-refractivity contribution is 5.21. The zero-order valence-corrected chi connectivity index (χ0v) is 8.21. The highest BCUT2D eigenvalue weighted by atomic mass is 15.0. The molecule has 0 aliphatic heterocycles. The van der Waals surface area contributed by atoms with Crippen molar-refractivity contribution in [1.82, 2.24) is 4.90 Å². The standard InChI is InChI=1S/C11H19N/c1-12(2)10-6-9-11-7-4-3-5-8-11/h4,7,9H,3,5-6,8,10H2,1-2H3/b11-9+. The number of allylic oxidation sites excluding steroid dienone is 3. The molecule has 0 atom stereocenters. The minimum absolute atomic E-state index is 1.16. The molecule has 0 aromatic heterocycles. The van der Waals surface area contributed by atoms with Crippen LogP contribution in [-0.4, -0.2) is 25.5 Å². The van der Waals surface area contributed by atoms with Gasteiger partial charge in [-0.25, -0.2) is 0 Å². The molecule has 1 heteroatoms. The van der Waals surface area contributed by atoms with Crippen LogP contribution in [0.5, 0.6) is 0 Å². The third kappa shape index (κ3) is 3.72. The number of nitrogens with zero attached hydrogens (tertiary/aromatic N) is 1. The Labute approximate surface area is 75.8 Å². The fourth-order valence-electron chi connectivity index (χ4n) is 1.42. The summed E-state index contributed by atoms with van der Waals surface area (Å²) in [5.41, 5.74) is 1.53. The molecule has 0 aromatic carbocycles. The SMILES string of the molecule is CN(C)CC/C=C1\C=CCCC1. The van der Waals surface area contributed by atoms with Gasteiger partial charge < -0.3 is 4.90 Å². The average Bonchev–Trinajstić information content (AvgIpc) is 2.05. The molecule has 1 nitrogen and oxygen atoms in total. The highest BCUT2D eigenvalue weighted by Gasteiger charge is 1.97. The van der Waals surface area contributed by atoms with E-state index in [1.165, 1.54) is 31.3 Å². The lowest BCUT2D eigenvalue weighted by Crippen LogP contribution is -2.12. The normalized spacial score (nSPS) is 20.8. The zero-order chi connectivity index (χ0) is 8.81. The van der Waals surface area contributed by atoms with Crippen LogP contribution < -0.4 is 0 Å². The van der Waals surface area contributed by atoms with E-state index in [1.807, 2.05) is 0 Å². The minimum atomic E-state index is 1.16. The van der Waals surface area contributed by atoms with E-state index in [0.717, 1.165) is 6.54 Å². The first-order valence-electron chi connectivity index (χ1n) is 4.79. The maximum absolute atomic E-state index is 2.37. The van der Waals surface area contributed by atoms with E-state index in [1.54, 1.807) is 0 Å². The molecule has 0 aromatic rings. The van der Waals surface area contributed by atoms with Gasteiger partial charge in [-0.3, -0.25) is 0 Å². The first-order chi connectivity index (χ1) is 5.79. The van der Waals surface area contributed by atoms with Gasteiger partial charge in [0, 0.05) is 6.54 Å². The summed E-state index contributed by atoms with van der Waals surface area (Å²) in [5, 5.41) is 0. The van der Waals surface area contributed by atoms with E-state index < -0.39 is 0 Å². The van der Waals surface area contributed by atoms with Crippen molar-refractivity contribution in [1.29, 1.82) is 0 Å². The fraction of sp³-hybridized carbons (Fsp3) is 0.636. The molecule has 0 bridgehead atoms. The minimum Gasteiger partial charge on any atom is -0.309 e. The summed E-state index contributed by atoms with van der Waals surface area (Å²) in [7, 11) is 4.24. The van der Waals surface area contributed by atoms with Crippen molar-refractivity contribution in [3.05, 3.63) is 23.8 Å². The lowest BCUT2D eigenvalue weighted by atomic mass is 10.0. The second-order valence-corrected chi connectivity index (χ2v) is 3.67. The Morgan fingerprint density at radius 1 is 1.50 bits per heavy atom. The van der Waals surface area contributed by atoms with Crippen molar-refractivity contribution >= 4 is 0 Å². The van der Waals surface area contributed by atoms with Crippen molar-refractivity contribution in [2.45, 2.75) is 25.7 Å². The van der Waals surface area contributed by atoms with Crippen LogP contribution >= 0.6 is 0 Å². The Morgan fingerprint density at radius 3 is 2.92 bits per heavy atom. The summed E-state index contributed by atoms with van der Waals surface area (Å²) in [5.74, 6) is 0. The van der Waals surface area contributed by atoms with E-state index in [0.29, 0.717) is 0 Å². The second-order valence-electron chi connectivity index (χ2n) is 3.67. The first-order valence-corrected chi connectivity index (χ1v) is 4.79. The Bertz CT molecular complexity index is 177. The van der Waals surface area contributed by atoms with Crippen molar-refractivity contribution < 1.29 is 0 Å². The Hall–Kier alpha value is -0.560. The van der Waals surface area contributed by atoms with Crippen molar-refractivity contribution in [3.8, 4) is 0 Å². The van der Waals surface area contributed by atoms with Gasteiger partial charge in [0.1, 0.15) is 0 Å². The molecule has 1 aliphatic carbocycles. The molecule has 12 heavy (non-hydrogen) atoms. The predicted molar refractivity (Wildman–Crippen MR) is 54.2 cm³/mol. The molecule has 0 fully saturated rings. The van der Waals surface area contributed by atoms with E-state index in [2.05, 4.69) is 37.2 Å². The maximum Gasteiger partial charge on any atom is 0.00100 e. The topological polar surface area (TPSA) is 3.24 Å². The molecular weight excluding hydrogens is 146 g/mol. The van der Waals surface area contributed by atoms with Crippen molar-refractivity contribution in [2.75, 3.05) is 20.6 Å². The van der Waals surface area contributed by atoms with E-state index >= 15 is 0 Å². The summed E-state index contributed by atoms with van der Waals surface area (Å²) in [6.45, 7) is 1.16. The van der Waals surface area contributed by atoms with Crippen LogP contribution in [0.2, 0.25) is 0 Å². The molecule has 0 spiro atoms. The Kier molecular flexibility index (Phi) is 4.09. The van der Waals surface area contributed by atoms with Gasteiger partial charge >= 0.3 is 0 Å². The molecule has 0 heterocycles. The third-order valence-electron chi connectivity index (χ3n) is 2.15. The van der Waals surface area contributed by atoms with Crippen LogP contribution in [0.3, 0.4) is 0 Å². The third-order valence-corrected chi connectivity index (χ3v) is 2.15. The Morgan fingerprint density at radius 2 is 2.33 bits per heavy atom. The molecule has 0 saturated carbocycles. The summed E-state index contributed by atoms with van der Waals surface area (Å²) >= 11 is 0. The van der Waals surface area contributed by atoms with Crippen molar-refractivity contribution in [2.24, 2.45) is 0 Å². The predicted octanol–water partition coefficient (Wildman–Crippen LogP) is 2.60. The van der Waals surface area contributed by atoms with Gasteiger partial charge in [0.15, 0.2) is 0 Å². The maximum atomic E-state index is 2.37. The van der Waals surface area contributed by atoms with Crippen LogP contribution in [-0.2, 0) is 0 Å². The smallest absolute Gasteiger partial charge is 0.00100 e. The summed E-state index contributed by atoms with van der Waals surface area (Å²) in [6.07, 6.45) is 12.0. The Balaban J connectivity index is 2.26. The largest absolute Gasteiger partial charge is 0.309 e. The lowest BCUT2D eigenvalue weighted by molar-refractivity contribution is 0.416. The fourth-order valence-corrected chi connectivity index (χ4v) is 1.42. The van der Waals surface area contributed by atoms with Crippen LogP contribution in [0, 0.1) is 0 Å². The van der Waals surface area contributed by atoms with Crippen LogP contribution in [0.1, 0.15) is 25.7 Å². The van der Waals surface area contributed by atoms with Gasteiger partial charge in [-0.05, 0) is 39.8 Å². The molecule has 68 valence electrons. The van der Waals surface area contributed by atoms with Gasteiger partial charge in [0.25, 0.3) is 0 Å². The molecule has 0 unspecified atom stereocenters. The highest BCUT2D eigenvalue weighted by Crippen LogP contribution is 2.16. The second kappa shape index (κ2) is 5.15. The number of hydrogen-bond acceptors (Lipinski definition) is 1. The molecule has 0 N–H and O–H groups in total. The average molecular weight is 165 g/mol. The molecule has 0 radical (unpaired) electrons. The summed E-state index contributed by atoms with van der Waals surface area (Å²) in [4.78, 5) is 2.23. The van der Waals surface area contributed by atoms with Crippen LogP contribution in [0.4, 0.5) is 0 Å². The van der Waals surface area contributed by atoms with E-state index in [-0.39, 0.29) is 0 Å². The van der Waals surface area contributed by atoms with E-state index in [4.69, 9.17) is 0 Å². The van der Waals surface area contributed by atoms with E-state index in [9.17, 15) is 0 Å². The van der Waals surface area contributed by atoms with Crippen molar-refractivity contribution in [3.63, 3.8) is 0 Å². The summed E-state index contributed by atoms with van der Waals surface area (Å²) < 4.78 is 0. The summed E-state index contributed by atoms with van der Waals surface area (Å²) in [6, 6.07) is 0. The quantitative estimate of drug-likeness (QED) is 0.621. The lowest BCUT2D eigenvalue weighted by Gasteiger charge is -2.09.